The molecular weight excluding hydrogens is 138 g/mol. The average Bonchev–Trinajstić information content (AvgIpc) is 2.07. The Kier molecular flexibility index (Phi) is 2.86. The molecule has 1 N–H and O–H groups in total. The Bertz CT molecular complexity index is 198. The molecule has 0 spiro atoms. The number of hydrogen-bond donors (Lipinski definition) is 1. The standard InChI is InChI=1S/C8H13N3/c1-9-7-11(2)8-4-3-5-10-6-8/h3-6,9H,7H2,1-2H3. The summed E-state index contributed by atoms with van der Waals surface area (Å²) in [5.74, 6) is 0. The smallest absolute Gasteiger partial charge is 0.0676 e. The van der Waals surface area contributed by atoms with Crippen molar-refractivity contribution in [3.05, 3.63) is 24.5 Å². The zero-order valence-electron chi connectivity index (χ0n) is 6.91. The van der Waals surface area contributed by atoms with Crippen LogP contribution in [0.3, 0.4) is 0 Å². The first-order valence-electron chi connectivity index (χ1n) is 3.60. The molecule has 0 radical (unpaired) electrons. The second-order valence-corrected chi connectivity index (χ2v) is 2.42. The molecular formula is C8H13N3. The highest BCUT2D eigenvalue weighted by Crippen LogP contribution is 2.06. The Morgan fingerprint density at radius 2 is 2.45 bits per heavy atom. The van der Waals surface area contributed by atoms with Crippen LogP contribution in [-0.2, 0) is 0 Å². The lowest BCUT2D eigenvalue weighted by molar-refractivity contribution is 0.775. The van der Waals surface area contributed by atoms with E-state index < -0.39 is 0 Å². The summed E-state index contributed by atoms with van der Waals surface area (Å²) < 4.78 is 0. The van der Waals surface area contributed by atoms with Gasteiger partial charge >= 0.3 is 0 Å². The van der Waals surface area contributed by atoms with Crippen molar-refractivity contribution in [2.45, 2.75) is 0 Å². The summed E-state index contributed by atoms with van der Waals surface area (Å²) in [6, 6.07) is 3.96. The third-order valence-corrected chi connectivity index (χ3v) is 1.48. The fourth-order valence-corrected chi connectivity index (χ4v) is 0.908. The van der Waals surface area contributed by atoms with Crippen LogP contribution in [0.25, 0.3) is 0 Å². The van der Waals surface area contributed by atoms with Crippen LogP contribution in [0.15, 0.2) is 24.5 Å². The number of rotatable bonds is 3. The molecule has 0 saturated heterocycles. The maximum Gasteiger partial charge on any atom is 0.0676 e. The highest BCUT2D eigenvalue weighted by molar-refractivity contribution is 5.42. The summed E-state index contributed by atoms with van der Waals surface area (Å²) in [7, 11) is 3.94. The molecule has 0 saturated carbocycles. The van der Waals surface area contributed by atoms with Crippen LogP contribution in [0.1, 0.15) is 0 Å². The molecule has 1 heterocycles. The lowest BCUT2D eigenvalue weighted by Gasteiger charge is -2.17. The highest BCUT2D eigenvalue weighted by Gasteiger charge is 1.95. The lowest BCUT2D eigenvalue weighted by Crippen LogP contribution is -2.28. The average molecular weight is 151 g/mol. The van der Waals surface area contributed by atoms with E-state index in [2.05, 4.69) is 15.2 Å². The van der Waals surface area contributed by atoms with E-state index in [0.717, 1.165) is 12.4 Å². The van der Waals surface area contributed by atoms with E-state index in [1.807, 2.05) is 32.4 Å². The Morgan fingerprint density at radius 1 is 1.64 bits per heavy atom. The maximum absolute atomic E-state index is 4.02. The molecule has 3 nitrogen and oxygen atoms in total. The van der Waals surface area contributed by atoms with Crippen LogP contribution in [0.4, 0.5) is 5.69 Å². The van der Waals surface area contributed by atoms with Crippen molar-refractivity contribution in [2.24, 2.45) is 0 Å². The summed E-state index contributed by atoms with van der Waals surface area (Å²) >= 11 is 0. The normalized spacial score (nSPS) is 9.64. The van der Waals surface area contributed by atoms with Crippen molar-refractivity contribution in [3.8, 4) is 0 Å². The molecule has 0 aliphatic heterocycles. The molecule has 3 heteroatoms. The summed E-state index contributed by atoms with van der Waals surface area (Å²) in [5.41, 5.74) is 1.13. The number of nitrogens with zero attached hydrogens (tertiary/aromatic N) is 2. The predicted octanol–water partition coefficient (Wildman–Crippen LogP) is 0.695. The Morgan fingerprint density at radius 3 is 3.00 bits per heavy atom. The third kappa shape index (κ3) is 2.20. The lowest BCUT2D eigenvalue weighted by atomic mass is 10.4. The van der Waals surface area contributed by atoms with Crippen LogP contribution < -0.4 is 10.2 Å². The Balaban J connectivity index is 2.61. The molecule has 0 aliphatic carbocycles. The first-order valence-corrected chi connectivity index (χ1v) is 3.60. The fourth-order valence-electron chi connectivity index (χ4n) is 0.908. The summed E-state index contributed by atoms with van der Waals surface area (Å²) in [6.45, 7) is 0.839. The molecule has 0 atom stereocenters. The molecule has 0 fully saturated rings. The Hall–Kier alpha value is -1.09. The second kappa shape index (κ2) is 3.93. The van der Waals surface area contributed by atoms with Gasteiger partial charge in [0.25, 0.3) is 0 Å². The minimum Gasteiger partial charge on any atom is -0.361 e. The summed E-state index contributed by atoms with van der Waals surface area (Å²) in [4.78, 5) is 6.11. The van der Waals surface area contributed by atoms with E-state index in [1.165, 1.54) is 0 Å². The van der Waals surface area contributed by atoms with Gasteiger partial charge in [0.1, 0.15) is 0 Å². The number of hydrogen-bond acceptors (Lipinski definition) is 3. The van der Waals surface area contributed by atoms with Crippen molar-refractivity contribution >= 4 is 5.69 Å². The minimum atomic E-state index is 0.839. The molecule has 1 aromatic heterocycles. The zero-order chi connectivity index (χ0) is 8.10. The number of pyridine rings is 1. The van der Waals surface area contributed by atoms with Crippen molar-refractivity contribution in [1.82, 2.24) is 10.3 Å². The van der Waals surface area contributed by atoms with Gasteiger partial charge in [-0.05, 0) is 19.2 Å². The van der Waals surface area contributed by atoms with Crippen LogP contribution in [-0.4, -0.2) is 25.7 Å². The minimum absolute atomic E-state index is 0.839. The molecule has 1 rings (SSSR count). The van der Waals surface area contributed by atoms with Gasteiger partial charge in [0, 0.05) is 13.2 Å². The highest BCUT2D eigenvalue weighted by atomic mass is 15.2. The van der Waals surface area contributed by atoms with E-state index in [4.69, 9.17) is 0 Å². The monoisotopic (exact) mass is 151 g/mol. The zero-order valence-corrected chi connectivity index (χ0v) is 6.91. The van der Waals surface area contributed by atoms with Crippen molar-refractivity contribution < 1.29 is 0 Å². The first kappa shape index (κ1) is 8.01. The SMILES string of the molecule is CNCN(C)c1cccnc1. The Labute approximate surface area is 67.1 Å². The third-order valence-electron chi connectivity index (χ3n) is 1.48. The number of nitrogens with one attached hydrogen (secondary N) is 1. The topological polar surface area (TPSA) is 28.2 Å². The van der Waals surface area contributed by atoms with Gasteiger partial charge in [0.05, 0.1) is 18.6 Å². The van der Waals surface area contributed by atoms with Gasteiger partial charge in [-0.25, -0.2) is 0 Å². The van der Waals surface area contributed by atoms with Crippen molar-refractivity contribution in [1.29, 1.82) is 0 Å². The largest absolute Gasteiger partial charge is 0.361 e. The van der Waals surface area contributed by atoms with Crippen LogP contribution in [0.2, 0.25) is 0 Å². The molecule has 0 bridgehead atoms. The van der Waals surface area contributed by atoms with Gasteiger partial charge < -0.3 is 10.2 Å². The van der Waals surface area contributed by atoms with E-state index in [9.17, 15) is 0 Å². The van der Waals surface area contributed by atoms with Gasteiger partial charge in [0.15, 0.2) is 0 Å². The number of aromatic nitrogens is 1. The quantitative estimate of drug-likeness (QED) is 0.644. The molecule has 1 aromatic rings. The van der Waals surface area contributed by atoms with Gasteiger partial charge in [-0.3, -0.25) is 4.98 Å². The number of anilines is 1. The molecule has 0 unspecified atom stereocenters. The van der Waals surface area contributed by atoms with Crippen LogP contribution in [0.5, 0.6) is 0 Å². The van der Waals surface area contributed by atoms with Crippen LogP contribution >= 0.6 is 0 Å². The molecule has 0 amide bonds. The van der Waals surface area contributed by atoms with E-state index in [1.54, 1.807) is 6.20 Å². The van der Waals surface area contributed by atoms with E-state index in [0.29, 0.717) is 0 Å². The van der Waals surface area contributed by atoms with Gasteiger partial charge in [0.2, 0.25) is 0 Å². The van der Waals surface area contributed by atoms with Crippen LogP contribution in [0, 0.1) is 0 Å². The second-order valence-electron chi connectivity index (χ2n) is 2.42. The molecule has 0 aromatic carbocycles. The molecule has 0 aliphatic rings. The van der Waals surface area contributed by atoms with E-state index >= 15 is 0 Å². The summed E-state index contributed by atoms with van der Waals surface area (Å²) in [5, 5.41) is 3.06. The van der Waals surface area contributed by atoms with Gasteiger partial charge in [-0.1, -0.05) is 0 Å². The predicted molar refractivity (Wildman–Crippen MR) is 46.6 cm³/mol. The van der Waals surface area contributed by atoms with Crippen molar-refractivity contribution in [3.63, 3.8) is 0 Å². The maximum atomic E-state index is 4.02. The summed E-state index contributed by atoms with van der Waals surface area (Å²) in [6.07, 6.45) is 3.62. The molecule has 60 valence electrons. The van der Waals surface area contributed by atoms with Gasteiger partial charge in [-0.15, -0.1) is 0 Å². The van der Waals surface area contributed by atoms with Crippen molar-refractivity contribution in [2.75, 3.05) is 25.7 Å². The first-order chi connectivity index (χ1) is 5.34. The van der Waals surface area contributed by atoms with E-state index in [-0.39, 0.29) is 0 Å². The molecule has 11 heavy (non-hydrogen) atoms. The fraction of sp³-hybridized carbons (Fsp3) is 0.375. The van der Waals surface area contributed by atoms with Gasteiger partial charge in [-0.2, -0.15) is 0 Å².